The fourth-order valence-electron chi connectivity index (χ4n) is 1.72. The zero-order chi connectivity index (χ0) is 11.2. The maximum absolute atomic E-state index is 11.6. The molecule has 0 bridgehead atoms. The first kappa shape index (κ1) is 11.1. The minimum absolute atomic E-state index is 0.0146. The van der Waals surface area contributed by atoms with Crippen molar-refractivity contribution in [2.24, 2.45) is 0 Å². The number of rotatable bonds is 4. The molecule has 0 aromatic carbocycles. The zero-order valence-corrected chi connectivity index (χ0v) is 9.11. The number of ether oxygens (including phenoxy) is 1. The molecule has 1 fully saturated rings. The summed E-state index contributed by atoms with van der Waals surface area (Å²) < 4.78 is 5.38. The molecule has 0 aliphatic carbocycles. The van der Waals surface area contributed by atoms with Gasteiger partial charge in [0, 0.05) is 19.6 Å². The van der Waals surface area contributed by atoms with Gasteiger partial charge in [-0.3, -0.25) is 9.89 Å². The average molecular weight is 224 g/mol. The summed E-state index contributed by atoms with van der Waals surface area (Å²) in [7, 11) is 0. The van der Waals surface area contributed by atoms with Crippen LogP contribution in [0.15, 0.2) is 6.33 Å². The van der Waals surface area contributed by atoms with E-state index in [4.69, 9.17) is 4.74 Å². The van der Waals surface area contributed by atoms with E-state index >= 15 is 0 Å². The summed E-state index contributed by atoms with van der Waals surface area (Å²) in [6.07, 6.45) is 4.82. The van der Waals surface area contributed by atoms with Crippen molar-refractivity contribution < 1.29 is 9.53 Å². The third kappa shape index (κ3) is 3.03. The monoisotopic (exact) mass is 224 g/mol. The summed E-state index contributed by atoms with van der Waals surface area (Å²) in [6.45, 7) is 1.26. The predicted molar refractivity (Wildman–Crippen MR) is 56.7 cm³/mol. The molecule has 6 heteroatoms. The van der Waals surface area contributed by atoms with Crippen molar-refractivity contribution >= 4 is 5.91 Å². The van der Waals surface area contributed by atoms with Crippen molar-refractivity contribution in [3.05, 3.63) is 12.2 Å². The summed E-state index contributed by atoms with van der Waals surface area (Å²) in [5.41, 5.74) is 0. The molecule has 88 valence electrons. The number of carbonyl (C=O) groups excluding carboxylic acids is 1. The third-order valence-corrected chi connectivity index (χ3v) is 2.60. The maximum Gasteiger partial charge on any atom is 0.249 e. The van der Waals surface area contributed by atoms with Gasteiger partial charge < -0.3 is 10.1 Å². The molecule has 6 nitrogen and oxygen atoms in total. The van der Waals surface area contributed by atoms with Gasteiger partial charge in [0.15, 0.2) is 0 Å². The third-order valence-electron chi connectivity index (χ3n) is 2.60. The molecule has 16 heavy (non-hydrogen) atoms. The Morgan fingerprint density at radius 2 is 2.56 bits per heavy atom. The first-order valence-corrected chi connectivity index (χ1v) is 5.60. The molecule has 2 rings (SSSR count). The van der Waals surface area contributed by atoms with Crippen LogP contribution in [0.5, 0.6) is 0 Å². The summed E-state index contributed by atoms with van der Waals surface area (Å²) in [6, 6.07) is 0. The van der Waals surface area contributed by atoms with Crippen molar-refractivity contribution in [1.29, 1.82) is 0 Å². The van der Waals surface area contributed by atoms with Gasteiger partial charge in [0.1, 0.15) is 18.3 Å². The highest BCUT2D eigenvalue weighted by Gasteiger charge is 2.21. The minimum Gasteiger partial charge on any atom is -0.368 e. The Labute approximate surface area is 93.8 Å². The molecule has 1 saturated heterocycles. The van der Waals surface area contributed by atoms with Gasteiger partial charge in [-0.15, -0.1) is 0 Å². The second-order valence-corrected chi connectivity index (χ2v) is 3.83. The van der Waals surface area contributed by atoms with Crippen LogP contribution in [0.4, 0.5) is 0 Å². The number of hydrogen-bond donors (Lipinski definition) is 2. The van der Waals surface area contributed by atoms with E-state index in [-0.39, 0.29) is 12.0 Å². The lowest BCUT2D eigenvalue weighted by atomic mass is 10.1. The Hall–Kier alpha value is -1.43. The highest BCUT2D eigenvalue weighted by Crippen LogP contribution is 2.12. The highest BCUT2D eigenvalue weighted by atomic mass is 16.5. The molecule has 2 heterocycles. The second-order valence-electron chi connectivity index (χ2n) is 3.83. The molecule has 1 aromatic rings. The smallest absolute Gasteiger partial charge is 0.249 e. The maximum atomic E-state index is 11.6. The topological polar surface area (TPSA) is 79.9 Å². The summed E-state index contributed by atoms with van der Waals surface area (Å²) in [5, 5.41) is 9.32. The van der Waals surface area contributed by atoms with Gasteiger partial charge in [-0.25, -0.2) is 4.98 Å². The number of hydrogen-bond acceptors (Lipinski definition) is 4. The number of nitrogens with zero attached hydrogens (tertiary/aromatic N) is 2. The Morgan fingerprint density at radius 1 is 1.62 bits per heavy atom. The van der Waals surface area contributed by atoms with Gasteiger partial charge in [0.25, 0.3) is 0 Å². The van der Waals surface area contributed by atoms with E-state index in [1.807, 2.05) is 0 Å². The van der Waals surface area contributed by atoms with Gasteiger partial charge in [0.2, 0.25) is 5.91 Å². The van der Waals surface area contributed by atoms with E-state index in [1.165, 1.54) is 6.33 Å². The van der Waals surface area contributed by atoms with Gasteiger partial charge in [-0.05, 0) is 19.3 Å². The zero-order valence-electron chi connectivity index (χ0n) is 9.11. The van der Waals surface area contributed by atoms with Crippen LogP contribution in [0.3, 0.4) is 0 Å². The molecule has 1 aliphatic heterocycles. The van der Waals surface area contributed by atoms with Crippen molar-refractivity contribution in [1.82, 2.24) is 20.5 Å². The number of H-pyrrole nitrogens is 1. The number of amides is 1. The van der Waals surface area contributed by atoms with Gasteiger partial charge >= 0.3 is 0 Å². The van der Waals surface area contributed by atoms with Crippen molar-refractivity contribution in [2.45, 2.75) is 31.8 Å². The Bertz CT molecular complexity index is 320. The molecular formula is C10H16N4O2. The van der Waals surface area contributed by atoms with Gasteiger partial charge in [0.05, 0.1) is 0 Å². The lowest BCUT2D eigenvalue weighted by molar-refractivity contribution is -0.135. The Morgan fingerprint density at radius 3 is 3.25 bits per heavy atom. The van der Waals surface area contributed by atoms with E-state index in [2.05, 4.69) is 20.5 Å². The van der Waals surface area contributed by atoms with E-state index in [9.17, 15) is 4.79 Å². The normalized spacial score (nSPS) is 20.6. The SMILES string of the molecule is O=C(NCCc1ncn[nH]1)C1CCCCO1. The first-order valence-electron chi connectivity index (χ1n) is 5.60. The molecule has 2 N–H and O–H groups in total. The average Bonchev–Trinajstić information content (AvgIpc) is 2.83. The van der Waals surface area contributed by atoms with E-state index < -0.39 is 0 Å². The van der Waals surface area contributed by atoms with E-state index in [0.717, 1.165) is 25.1 Å². The molecule has 1 aromatic heterocycles. The van der Waals surface area contributed by atoms with Crippen LogP contribution in [0, 0.1) is 0 Å². The molecule has 1 aliphatic rings. The van der Waals surface area contributed by atoms with Crippen LogP contribution < -0.4 is 5.32 Å². The van der Waals surface area contributed by atoms with Crippen LogP contribution in [-0.2, 0) is 16.0 Å². The van der Waals surface area contributed by atoms with Crippen LogP contribution in [0.25, 0.3) is 0 Å². The highest BCUT2D eigenvalue weighted by molar-refractivity contribution is 5.80. The van der Waals surface area contributed by atoms with Gasteiger partial charge in [-0.2, -0.15) is 5.10 Å². The molecule has 0 saturated carbocycles. The van der Waals surface area contributed by atoms with Crippen LogP contribution >= 0.6 is 0 Å². The first-order chi connectivity index (χ1) is 7.86. The Balaban J connectivity index is 1.67. The van der Waals surface area contributed by atoms with Crippen molar-refractivity contribution in [3.63, 3.8) is 0 Å². The van der Waals surface area contributed by atoms with E-state index in [1.54, 1.807) is 0 Å². The molecule has 0 spiro atoms. The van der Waals surface area contributed by atoms with Gasteiger partial charge in [-0.1, -0.05) is 0 Å². The predicted octanol–water partition coefficient (Wildman–Crippen LogP) is 0.0325. The lowest BCUT2D eigenvalue weighted by Crippen LogP contribution is -2.39. The summed E-state index contributed by atoms with van der Waals surface area (Å²) >= 11 is 0. The van der Waals surface area contributed by atoms with E-state index in [0.29, 0.717) is 19.6 Å². The molecular weight excluding hydrogens is 208 g/mol. The number of carbonyl (C=O) groups is 1. The van der Waals surface area contributed by atoms with Crippen LogP contribution in [-0.4, -0.2) is 40.3 Å². The molecule has 1 amide bonds. The molecule has 1 unspecified atom stereocenters. The second kappa shape index (κ2) is 5.60. The standard InChI is InChI=1S/C10H16N4O2/c15-10(8-3-1-2-6-16-8)11-5-4-9-12-7-13-14-9/h7-8H,1-6H2,(H,11,15)(H,12,13,14). The van der Waals surface area contributed by atoms with Crippen molar-refractivity contribution in [3.8, 4) is 0 Å². The quantitative estimate of drug-likeness (QED) is 0.756. The Kier molecular flexibility index (Phi) is 3.87. The largest absolute Gasteiger partial charge is 0.368 e. The van der Waals surface area contributed by atoms with Crippen LogP contribution in [0.2, 0.25) is 0 Å². The number of aromatic amines is 1. The van der Waals surface area contributed by atoms with Crippen LogP contribution in [0.1, 0.15) is 25.1 Å². The fraction of sp³-hybridized carbons (Fsp3) is 0.700. The summed E-state index contributed by atoms with van der Waals surface area (Å²) in [4.78, 5) is 15.6. The molecule has 1 atom stereocenters. The minimum atomic E-state index is -0.261. The van der Waals surface area contributed by atoms with Crippen molar-refractivity contribution in [2.75, 3.05) is 13.2 Å². The fourth-order valence-corrected chi connectivity index (χ4v) is 1.72. The number of aromatic nitrogens is 3. The summed E-state index contributed by atoms with van der Waals surface area (Å²) in [5.74, 6) is 0.768. The number of nitrogens with one attached hydrogen (secondary N) is 2. The lowest BCUT2D eigenvalue weighted by Gasteiger charge is -2.21. The molecule has 0 radical (unpaired) electrons.